The minimum atomic E-state index is -4.02. The van der Waals surface area contributed by atoms with Gasteiger partial charge in [0.2, 0.25) is 10.0 Å². The van der Waals surface area contributed by atoms with Crippen LogP contribution in [0.15, 0.2) is 42.5 Å². The Morgan fingerprint density at radius 2 is 1.68 bits per heavy atom. The molecule has 4 rings (SSSR count). The van der Waals surface area contributed by atoms with E-state index in [9.17, 15) is 18.0 Å². The second kappa shape index (κ2) is 12.2. The molecule has 0 aliphatic heterocycles. The number of sulfonamides is 1. The fourth-order valence-electron chi connectivity index (χ4n) is 4.68. The van der Waals surface area contributed by atoms with E-state index < -0.39 is 21.7 Å². The minimum Gasteiger partial charge on any atom is -0.494 e. The Bertz CT molecular complexity index is 1650. The second-order valence-electron chi connectivity index (χ2n) is 9.84. The molecule has 0 unspecified atom stereocenters. The molecule has 0 fully saturated rings. The molecular weight excluding hydrogens is 552 g/mol. The lowest BCUT2D eigenvalue weighted by molar-refractivity contribution is 0.0954. The van der Waals surface area contributed by atoms with E-state index in [1.54, 1.807) is 13.0 Å². The fourth-order valence-corrected chi connectivity index (χ4v) is 5.65. The third-order valence-corrected chi connectivity index (χ3v) is 8.42. The zero-order chi connectivity index (χ0) is 29.0. The van der Waals surface area contributed by atoms with E-state index in [1.807, 2.05) is 57.2 Å². The summed E-state index contributed by atoms with van der Waals surface area (Å²) in [6.45, 7) is 7.69. The first-order chi connectivity index (χ1) is 18.9. The Morgan fingerprint density at radius 3 is 2.35 bits per heavy atom. The molecule has 0 saturated carbocycles. The zero-order valence-corrected chi connectivity index (χ0v) is 24.5. The topological polar surface area (TPSA) is 133 Å². The predicted octanol–water partition coefficient (Wildman–Crippen LogP) is 4.88. The molecule has 0 bridgehead atoms. The first-order valence-electron chi connectivity index (χ1n) is 12.9. The van der Waals surface area contributed by atoms with Gasteiger partial charge >= 0.3 is 0 Å². The van der Waals surface area contributed by atoms with E-state index in [-0.39, 0.29) is 18.1 Å². The maximum absolute atomic E-state index is 13.1. The lowest BCUT2D eigenvalue weighted by Gasteiger charge is -2.11. The molecule has 0 spiro atoms. The molecule has 0 aliphatic rings. The number of benzene rings is 2. The molecule has 4 aromatic rings. The average Bonchev–Trinajstić information content (AvgIpc) is 3.43. The molecule has 9 nitrogen and oxygen atoms in total. The van der Waals surface area contributed by atoms with Gasteiger partial charge in [-0.05, 0) is 81.5 Å². The molecule has 11 heteroatoms. The number of ether oxygens (including phenoxy) is 1. The van der Waals surface area contributed by atoms with Crippen molar-refractivity contribution in [3.05, 3.63) is 86.8 Å². The number of hydrogen-bond acceptors (Lipinski definition) is 5. The van der Waals surface area contributed by atoms with Crippen LogP contribution in [0.25, 0.3) is 10.9 Å². The largest absolute Gasteiger partial charge is 0.494 e. The summed E-state index contributed by atoms with van der Waals surface area (Å²) >= 11 is 6.24. The van der Waals surface area contributed by atoms with Crippen molar-refractivity contribution in [2.24, 2.45) is 0 Å². The zero-order valence-electron chi connectivity index (χ0n) is 22.9. The molecule has 0 radical (unpaired) electrons. The van der Waals surface area contributed by atoms with Crippen LogP contribution in [0.3, 0.4) is 0 Å². The number of para-hydroxylation sites is 1. The number of halogens is 1. The number of rotatable bonds is 11. The lowest BCUT2D eigenvalue weighted by Crippen LogP contribution is -2.37. The number of carbonyl (C=O) groups is 2. The first kappa shape index (κ1) is 29.2. The summed E-state index contributed by atoms with van der Waals surface area (Å²) in [5.74, 6) is -0.862. The molecule has 0 saturated heterocycles. The van der Waals surface area contributed by atoms with Crippen molar-refractivity contribution in [3.63, 3.8) is 0 Å². The molecule has 2 aromatic heterocycles. The standard InChI is InChI=1S/C29H33ClN4O5S/c1-17-14-21(15-18(2)26(17)30)39-12-7-9-23-22-8-5-6-10-25(22)33-27(23)29(36)34-40(37,38)13-11-31-28(35)24-16-19(3)32-20(24)4/h5-6,8,10,14-16,32-33H,7,9,11-13H2,1-4H3,(H,31,35)(H,34,36). The summed E-state index contributed by atoms with van der Waals surface area (Å²) in [7, 11) is -4.02. The van der Waals surface area contributed by atoms with E-state index in [2.05, 4.69) is 20.0 Å². The van der Waals surface area contributed by atoms with Crippen molar-refractivity contribution >= 4 is 44.3 Å². The average molecular weight is 585 g/mol. The van der Waals surface area contributed by atoms with Crippen LogP contribution in [0, 0.1) is 27.7 Å². The van der Waals surface area contributed by atoms with Gasteiger partial charge in [-0.15, -0.1) is 0 Å². The summed E-state index contributed by atoms with van der Waals surface area (Å²) in [6.07, 6.45) is 1.09. The normalized spacial score (nSPS) is 11.5. The van der Waals surface area contributed by atoms with Gasteiger partial charge in [0.25, 0.3) is 11.8 Å². The van der Waals surface area contributed by atoms with Gasteiger partial charge in [0.1, 0.15) is 11.4 Å². The Hall–Kier alpha value is -3.76. The molecular formula is C29H33ClN4O5S. The summed E-state index contributed by atoms with van der Waals surface area (Å²) in [4.78, 5) is 31.6. The van der Waals surface area contributed by atoms with E-state index in [0.29, 0.717) is 41.3 Å². The molecule has 2 heterocycles. The third-order valence-electron chi connectivity index (χ3n) is 6.59. The van der Waals surface area contributed by atoms with Crippen LogP contribution in [-0.2, 0) is 16.4 Å². The van der Waals surface area contributed by atoms with Crippen molar-refractivity contribution in [1.29, 1.82) is 0 Å². The molecule has 2 aromatic carbocycles. The van der Waals surface area contributed by atoms with Crippen molar-refractivity contribution in [3.8, 4) is 5.75 Å². The highest BCUT2D eigenvalue weighted by atomic mass is 35.5. The van der Waals surface area contributed by atoms with E-state index >= 15 is 0 Å². The number of H-pyrrole nitrogens is 2. The van der Waals surface area contributed by atoms with Crippen molar-refractivity contribution < 1.29 is 22.7 Å². The fraction of sp³-hybridized carbons (Fsp3) is 0.310. The highest BCUT2D eigenvalue weighted by Crippen LogP contribution is 2.27. The number of nitrogens with one attached hydrogen (secondary N) is 4. The van der Waals surface area contributed by atoms with Crippen LogP contribution in [0.5, 0.6) is 5.75 Å². The quantitative estimate of drug-likeness (QED) is 0.186. The van der Waals surface area contributed by atoms with Crippen LogP contribution >= 0.6 is 11.6 Å². The summed E-state index contributed by atoms with van der Waals surface area (Å²) in [6, 6.07) is 12.9. The number of amides is 2. The SMILES string of the molecule is Cc1cc(C(=O)NCCS(=O)(=O)NC(=O)c2[nH]c3ccccc3c2CCCOc2cc(C)c(Cl)c(C)c2)c(C)[nH]1. The van der Waals surface area contributed by atoms with E-state index in [4.69, 9.17) is 16.3 Å². The van der Waals surface area contributed by atoms with Gasteiger partial charge in [-0.2, -0.15) is 0 Å². The third kappa shape index (κ3) is 6.86. The van der Waals surface area contributed by atoms with Crippen molar-refractivity contribution in [1.82, 2.24) is 20.0 Å². The van der Waals surface area contributed by atoms with Gasteiger partial charge in [-0.3, -0.25) is 9.59 Å². The Kier molecular flexibility index (Phi) is 8.90. The van der Waals surface area contributed by atoms with Gasteiger partial charge in [0, 0.05) is 33.9 Å². The molecule has 40 heavy (non-hydrogen) atoms. The van der Waals surface area contributed by atoms with Gasteiger partial charge in [-0.1, -0.05) is 29.8 Å². The Balaban J connectivity index is 1.39. The predicted molar refractivity (Wildman–Crippen MR) is 157 cm³/mol. The first-order valence-corrected chi connectivity index (χ1v) is 15.0. The number of aromatic amines is 2. The summed E-state index contributed by atoms with van der Waals surface area (Å²) in [5, 5.41) is 4.15. The van der Waals surface area contributed by atoms with Crippen LogP contribution < -0.4 is 14.8 Å². The smallest absolute Gasteiger partial charge is 0.281 e. The number of carbonyl (C=O) groups excluding carboxylic acids is 2. The highest BCUT2D eigenvalue weighted by Gasteiger charge is 2.22. The second-order valence-corrected chi connectivity index (χ2v) is 12.1. The Labute approximate surface area is 238 Å². The molecule has 0 aliphatic carbocycles. The van der Waals surface area contributed by atoms with Gasteiger partial charge in [0.05, 0.1) is 17.9 Å². The van der Waals surface area contributed by atoms with Crippen molar-refractivity contribution in [2.75, 3.05) is 18.9 Å². The monoisotopic (exact) mass is 584 g/mol. The number of hydrogen-bond donors (Lipinski definition) is 4. The molecule has 2 amide bonds. The maximum atomic E-state index is 13.1. The van der Waals surface area contributed by atoms with E-state index in [1.165, 1.54) is 0 Å². The van der Waals surface area contributed by atoms with Gasteiger partial charge in [0.15, 0.2) is 0 Å². The summed E-state index contributed by atoms with van der Waals surface area (Å²) in [5.41, 5.74) is 5.47. The number of fused-ring (bicyclic) bond motifs is 1. The van der Waals surface area contributed by atoms with Crippen molar-refractivity contribution in [2.45, 2.75) is 40.5 Å². The molecule has 4 N–H and O–H groups in total. The number of aromatic nitrogens is 2. The van der Waals surface area contributed by atoms with Crippen LogP contribution in [0.1, 0.15) is 55.3 Å². The maximum Gasteiger partial charge on any atom is 0.281 e. The summed E-state index contributed by atoms with van der Waals surface area (Å²) < 4.78 is 33.4. The van der Waals surface area contributed by atoms with Crippen LogP contribution in [0.4, 0.5) is 0 Å². The number of aryl methyl sites for hydroxylation is 5. The van der Waals surface area contributed by atoms with Crippen LogP contribution in [-0.4, -0.2) is 49.1 Å². The van der Waals surface area contributed by atoms with E-state index in [0.717, 1.165) is 33.5 Å². The van der Waals surface area contributed by atoms with Gasteiger partial charge in [-0.25, -0.2) is 13.1 Å². The van der Waals surface area contributed by atoms with Crippen LogP contribution in [0.2, 0.25) is 5.02 Å². The minimum absolute atomic E-state index is 0.147. The highest BCUT2D eigenvalue weighted by molar-refractivity contribution is 7.90. The molecule has 212 valence electrons. The van der Waals surface area contributed by atoms with Gasteiger partial charge < -0.3 is 20.0 Å². The molecule has 0 atom stereocenters. The lowest BCUT2D eigenvalue weighted by atomic mass is 10.1. The Morgan fingerprint density at radius 1 is 0.975 bits per heavy atom.